The van der Waals surface area contributed by atoms with E-state index in [1.807, 2.05) is 71.6 Å². The van der Waals surface area contributed by atoms with Crippen molar-refractivity contribution < 1.29 is 0 Å². The summed E-state index contributed by atoms with van der Waals surface area (Å²) in [4.78, 5) is 13.4. The minimum atomic E-state index is 0.623. The first kappa shape index (κ1) is 15.7. The van der Waals surface area contributed by atoms with Gasteiger partial charge >= 0.3 is 0 Å². The molecule has 0 saturated heterocycles. The van der Waals surface area contributed by atoms with Crippen molar-refractivity contribution in [2.24, 2.45) is 0 Å². The zero-order chi connectivity index (χ0) is 17.4. The monoisotopic (exact) mass is 394 g/mol. The third-order valence-corrected chi connectivity index (χ3v) is 4.23. The zero-order valence-electron chi connectivity index (χ0n) is 13.8. The third-order valence-electron chi connectivity index (χ3n) is 3.85. The van der Waals surface area contributed by atoms with Crippen molar-refractivity contribution in [3.8, 4) is 5.69 Å². The first-order chi connectivity index (χ1) is 12.1. The Labute approximate surface area is 153 Å². The largest absolute Gasteiger partial charge is 0.299 e. The maximum absolute atomic E-state index is 4.55. The number of imidazole rings is 1. The van der Waals surface area contributed by atoms with Crippen LogP contribution in [0.2, 0.25) is 0 Å². The number of aromatic nitrogens is 6. The summed E-state index contributed by atoms with van der Waals surface area (Å²) < 4.78 is 4.59. The number of para-hydroxylation sites is 1. The maximum atomic E-state index is 4.55. The van der Waals surface area contributed by atoms with Gasteiger partial charge in [-0.2, -0.15) is 0 Å². The highest BCUT2D eigenvalue weighted by Gasteiger charge is 2.08. The van der Waals surface area contributed by atoms with E-state index in [0.29, 0.717) is 5.82 Å². The molecule has 4 aromatic rings. The molecule has 0 aliphatic rings. The summed E-state index contributed by atoms with van der Waals surface area (Å²) in [5.74, 6) is 1.42. The lowest BCUT2D eigenvalue weighted by Crippen LogP contribution is -1.97. The van der Waals surface area contributed by atoms with Gasteiger partial charge in [0.15, 0.2) is 11.5 Å². The van der Waals surface area contributed by atoms with Crippen LogP contribution in [0.4, 0.5) is 0 Å². The van der Waals surface area contributed by atoms with E-state index in [-0.39, 0.29) is 0 Å². The van der Waals surface area contributed by atoms with E-state index in [0.717, 1.165) is 33.2 Å². The molecule has 1 aromatic carbocycles. The molecule has 25 heavy (non-hydrogen) atoms. The smallest absolute Gasteiger partial charge is 0.177 e. The molecule has 0 radical (unpaired) electrons. The molecule has 0 spiro atoms. The van der Waals surface area contributed by atoms with Crippen LogP contribution in [0.3, 0.4) is 0 Å². The Bertz CT molecular complexity index is 1040. The van der Waals surface area contributed by atoms with Gasteiger partial charge in [0.25, 0.3) is 0 Å². The Kier molecular flexibility index (Phi) is 3.93. The van der Waals surface area contributed by atoms with E-state index in [1.165, 1.54) is 0 Å². The van der Waals surface area contributed by atoms with Gasteiger partial charge in [0.2, 0.25) is 0 Å². The Morgan fingerprint density at radius 2 is 1.84 bits per heavy atom. The fourth-order valence-corrected chi connectivity index (χ4v) is 2.99. The number of nitrogens with zero attached hydrogens (tertiary/aromatic N) is 6. The number of hydrogen-bond acceptors (Lipinski definition) is 4. The Hall–Kier alpha value is -2.80. The quantitative estimate of drug-likeness (QED) is 0.529. The van der Waals surface area contributed by atoms with E-state index in [9.17, 15) is 0 Å². The maximum Gasteiger partial charge on any atom is 0.177 e. The lowest BCUT2D eigenvalue weighted by atomic mass is 10.3. The van der Waals surface area contributed by atoms with Gasteiger partial charge in [-0.25, -0.2) is 14.5 Å². The van der Waals surface area contributed by atoms with Crippen molar-refractivity contribution in [2.75, 3.05) is 0 Å². The molecule has 0 N–H and O–H groups in total. The average molecular weight is 395 g/mol. The summed E-state index contributed by atoms with van der Waals surface area (Å²) >= 11 is 3.44. The van der Waals surface area contributed by atoms with Crippen molar-refractivity contribution in [2.45, 2.75) is 13.8 Å². The van der Waals surface area contributed by atoms with Gasteiger partial charge in [-0.05, 0) is 54.1 Å². The Morgan fingerprint density at radius 1 is 1.04 bits per heavy atom. The molecule has 0 aliphatic carbocycles. The Balaban J connectivity index is 1.74. The third kappa shape index (κ3) is 2.98. The standard InChI is InChI=1S/C18H15BrN6/c1-12-10-20-13(2)18-22-16(23-25(12)18)8-9-17-21-15(19)11-24(17)14-6-4-3-5-7-14/h3-11H,1-2H3. The number of rotatable bonds is 3. The van der Waals surface area contributed by atoms with E-state index < -0.39 is 0 Å². The van der Waals surface area contributed by atoms with Crippen molar-refractivity contribution in [1.82, 2.24) is 29.1 Å². The van der Waals surface area contributed by atoms with Crippen LogP contribution in [0.25, 0.3) is 23.5 Å². The number of fused-ring (bicyclic) bond motifs is 1. The first-order valence-corrected chi connectivity index (χ1v) is 8.58. The second kappa shape index (κ2) is 6.25. The average Bonchev–Trinajstić information content (AvgIpc) is 3.21. The van der Waals surface area contributed by atoms with Crippen molar-refractivity contribution in [3.05, 3.63) is 70.4 Å². The molecule has 124 valence electrons. The van der Waals surface area contributed by atoms with E-state index in [1.54, 1.807) is 6.20 Å². The topological polar surface area (TPSA) is 60.9 Å². The second-order valence-electron chi connectivity index (χ2n) is 5.65. The van der Waals surface area contributed by atoms with Gasteiger partial charge in [0.05, 0.1) is 11.4 Å². The van der Waals surface area contributed by atoms with Crippen LogP contribution in [0.5, 0.6) is 0 Å². The van der Waals surface area contributed by atoms with Crippen LogP contribution in [-0.2, 0) is 0 Å². The molecule has 4 rings (SSSR count). The molecule has 0 saturated carbocycles. The number of aryl methyl sites for hydroxylation is 2. The van der Waals surface area contributed by atoms with Gasteiger partial charge in [-0.3, -0.25) is 9.55 Å². The van der Waals surface area contributed by atoms with Crippen LogP contribution in [0.1, 0.15) is 23.0 Å². The lowest BCUT2D eigenvalue weighted by Gasteiger charge is -2.03. The summed E-state index contributed by atoms with van der Waals surface area (Å²) in [6.07, 6.45) is 7.50. The SMILES string of the molecule is Cc1ncc(C)n2nc(C=Cc3nc(Br)cn3-c3ccccc3)nc12. The minimum Gasteiger partial charge on any atom is -0.299 e. The molecular formula is C18H15BrN6. The highest BCUT2D eigenvalue weighted by Crippen LogP contribution is 2.18. The normalized spacial score (nSPS) is 11.6. The molecular weight excluding hydrogens is 380 g/mol. The molecule has 3 aromatic heterocycles. The van der Waals surface area contributed by atoms with Gasteiger partial charge < -0.3 is 0 Å². The molecule has 0 unspecified atom stereocenters. The highest BCUT2D eigenvalue weighted by atomic mass is 79.9. The predicted octanol–water partition coefficient (Wildman–Crippen LogP) is 3.86. The lowest BCUT2D eigenvalue weighted by molar-refractivity contribution is 0.884. The fourth-order valence-electron chi connectivity index (χ4n) is 2.61. The van der Waals surface area contributed by atoms with Gasteiger partial charge in [0, 0.05) is 18.1 Å². The molecule has 6 nitrogen and oxygen atoms in total. The summed E-state index contributed by atoms with van der Waals surface area (Å²) in [6, 6.07) is 10.1. The molecule has 0 amide bonds. The van der Waals surface area contributed by atoms with Crippen LogP contribution in [0.15, 0.2) is 47.3 Å². The summed E-state index contributed by atoms with van der Waals surface area (Å²) in [5, 5.41) is 4.53. The van der Waals surface area contributed by atoms with Gasteiger partial charge in [-0.1, -0.05) is 18.2 Å². The van der Waals surface area contributed by atoms with Crippen molar-refractivity contribution in [1.29, 1.82) is 0 Å². The first-order valence-electron chi connectivity index (χ1n) is 7.79. The van der Waals surface area contributed by atoms with Crippen LogP contribution in [0, 0.1) is 13.8 Å². The highest BCUT2D eigenvalue weighted by molar-refractivity contribution is 9.10. The van der Waals surface area contributed by atoms with E-state index >= 15 is 0 Å². The van der Waals surface area contributed by atoms with E-state index in [4.69, 9.17) is 0 Å². The van der Waals surface area contributed by atoms with E-state index in [2.05, 4.69) is 36.0 Å². The van der Waals surface area contributed by atoms with Crippen LogP contribution in [-0.4, -0.2) is 29.1 Å². The molecule has 7 heteroatoms. The molecule has 0 bridgehead atoms. The van der Waals surface area contributed by atoms with Gasteiger partial charge in [-0.15, -0.1) is 5.10 Å². The molecule has 0 atom stereocenters. The van der Waals surface area contributed by atoms with Crippen molar-refractivity contribution >= 4 is 33.7 Å². The predicted molar refractivity (Wildman–Crippen MR) is 100 cm³/mol. The zero-order valence-corrected chi connectivity index (χ0v) is 15.3. The summed E-state index contributed by atoms with van der Waals surface area (Å²) in [5.41, 5.74) is 3.61. The number of hydrogen-bond donors (Lipinski definition) is 0. The van der Waals surface area contributed by atoms with Gasteiger partial charge in [0.1, 0.15) is 10.4 Å². The number of benzene rings is 1. The minimum absolute atomic E-state index is 0.623. The second-order valence-corrected chi connectivity index (χ2v) is 6.46. The van der Waals surface area contributed by atoms with Crippen molar-refractivity contribution in [3.63, 3.8) is 0 Å². The number of halogens is 1. The summed E-state index contributed by atoms with van der Waals surface area (Å²) in [7, 11) is 0. The summed E-state index contributed by atoms with van der Waals surface area (Å²) in [6.45, 7) is 3.89. The van der Waals surface area contributed by atoms with Crippen LogP contribution < -0.4 is 0 Å². The Morgan fingerprint density at radius 3 is 2.60 bits per heavy atom. The molecule has 3 heterocycles. The molecule has 0 aliphatic heterocycles. The van der Waals surface area contributed by atoms with Crippen LogP contribution >= 0.6 is 15.9 Å². The molecule has 0 fully saturated rings. The fraction of sp³-hybridized carbons (Fsp3) is 0.111.